The molecule has 2 nitrogen and oxygen atoms in total. The van der Waals surface area contributed by atoms with Crippen molar-refractivity contribution in [2.24, 2.45) is 5.73 Å². The molecule has 2 N–H and O–H groups in total. The van der Waals surface area contributed by atoms with Gasteiger partial charge in [0.2, 0.25) is 0 Å². The van der Waals surface area contributed by atoms with Crippen LogP contribution in [-0.2, 0) is 4.43 Å². The number of rotatable bonds is 9. The van der Waals surface area contributed by atoms with E-state index < -0.39 is 8.32 Å². The number of hydrogen-bond acceptors (Lipinski definition) is 2. The van der Waals surface area contributed by atoms with Gasteiger partial charge >= 0.3 is 0 Å². The molecule has 0 saturated carbocycles. The van der Waals surface area contributed by atoms with Crippen molar-refractivity contribution in [3.05, 3.63) is 17.4 Å². The molecular formula is C18H37NOSi. The largest absolute Gasteiger partial charge is 0.415 e. The van der Waals surface area contributed by atoms with Crippen molar-refractivity contribution < 1.29 is 4.43 Å². The second-order valence-electron chi connectivity index (χ2n) is 7.56. The van der Waals surface area contributed by atoms with Gasteiger partial charge in [-0.2, -0.15) is 0 Å². The summed E-state index contributed by atoms with van der Waals surface area (Å²) in [4.78, 5) is 0. The first-order chi connectivity index (χ1) is 9.62. The summed E-state index contributed by atoms with van der Waals surface area (Å²) in [7, 11) is -1.70. The fourth-order valence-corrected chi connectivity index (χ4v) is 2.68. The standard InChI is InChI=1S/C18H37NOSi/c1-8-9-10-11-12-13-14-16(2)17(19)15-20-21(6,7)18(3,4)5/h13,17H,8-12,15,19H2,1-7H3. The first kappa shape index (κ1) is 20.7. The molecule has 0 aromatic rings. The molecule has 3 heteroatoms. The molecule has 0 aliphatic heterocycles. The molecule has 0 fully saturated rings. The molecule has 0 spiro atoms. The molecular weight excluding hydrogens is 274 g/mol. The molecule has 124 valence electrons. The van der Waals surface area contributed by atoms with Crippen LogP contribution in [0.5, 0.6) is 0 Å². The van der Waals surface area contributed by atoms with E-state index in [2.05, 4.69) is 59.5 Å². The first-order valence-corrected chi connectivity index (χ1v) is 11.3. The van der Waals surface area contributed by atoms with Crippen molar-refractivity contribution in [2.75, 3.05) is 6.61 Å². The Morgan fingerprint density at radius 3 is 2.38 bits per heavy atom. The van der Waals surface area contributed by atoms with Crippen LogP contribution in [0.25, 0.3) is 0 Å². The van der Waals surface area contributed by atoms with Crippen LogP contribution >= 0.6 is 0 Å². The third-order valence-corrected chi connectivity index (χ3v) is 9.02. The predicted molar refractivity (Wildman–Crippen MR) is 97.2 cm³/mol. The van der Waals surface area contributed by atoms with E-state index in [1.807, 2.05) is 0 Å². The highest BCUT2D eigenvalue weighted by molar-refractivity contribution is 6.74. The van der Waals surface area contributed by atoms with Gasteiger partial charge in [0.25, 0.3) is 0 Å². The third-order valence-electron chi connectivity index (χ3n) is 4.52. The minimum atomic E-state index is -1.70. The van der Waals surface area contributed by atoms with Crippen molar-refractivity contribution in [2.45, 2.75) is 90.9 Å². The molecule has 1 unspecified atom stereocenters. The van der Waals surface area contributed by atoms with E-state index in [4.69, 9.17) is 10.2 Å². The van der Waals surface area contributed by atoms with Crippen LogP contribution in [0.2, 0.25) is 18.1 Å². The molecule has 0 aliphatic carbocycles. The Morgan fingerprint density at radius 1 is 1.24 bits per heavy atom. The van der Waals surface area contributed by atoms with E-state index in [1.165, 1.54) is 25.7 Å². The fourth-order valence-electron chi connectivity index (χ4n) is 1.65. The Balaban J connectivity index is 4.26. The van der Waals surface area contributed by atoms with Gasteiger partial charge in [-0.05, 0) is 49.5 Å². The molecule has 0 rings (SSSR count). The molecule has 0 bridgehead atoms. The number of hydrogen-bond donors (Lipinski definition) is 1. The van der Waals surface area contributed by atoms with Crippen molar-refractivity contribution in [3.8, 4) is 0 Å². The van der Waals surface area contributed by atoms with Gasteiger partial charge in [-0.1, -0.05) is 47.0 Å². The van der Waals surface area contributed by atoms with E-state index in [0.717, 1.165) is 12.0 Å². The van der Waals surface area contributed by atoms with Crippen molar-refractivity contribution in [3.63, 3.8) is 0 Å². The summed E-state index contributed by atoms with van der Waals surface area (Å²) in [6, 6.07) is -0.0361. The van der Waals surface area contributed by atoms with E-state index in [-0.39, 0.29) is 11.1 Å². The Labute approximate surface area is 134 Å². The molecule has 0 aliphatic rings. The van der Waals surface area contributed by atoms with E-state index in [0.29, 0.717) is 6.61 Å². The van der Waals surface area contributed by atoms with Crippen LogP contribution in [0.3, 0.4) is 0 Å². The van der Waals surface area contributed by atoms with Crippen LogP contribution in [0.15, 0.2) is 17.4 Å². The summed E-state index contributed by atoms with van der Waals surface area (Å²) in [5, 5.41) is 0.236. The van der Waals surface area contributed by atoms with Gasteiger partial charge in [-0.25, -0.2) is 0 Å². The lowest BCUT2D eigenvalue weighted by atomic mass is 10.1. The zero-order chi connectivity index (χ0) is 16.5. The highest BCUT2D eigenvalue weighted by Crippen LogP contribution is 2.36. The zero-order valence-electron chi connectivity index (χ0n) is 15.4. The lowest BCUT2D eigenvalue weighted by molar-refractivity contribution is 0.275. The Hall–Kier alpha value is -0.343. The summed E-state index contributed by atoms with van der Waals surface area (Å²) in [6.45, 7) is 16.2. The second-order valence-corrected chi connectivity index (χ2v) is 12.4. The van der Waals surface area contributed by atoms with E-state index in [9.17, 15) is 0 Å². The van der Waals surface area contributed by atoms with Crippen LogP contribution in [-0.4, -0.2) is 21.0 Å². The minimum Gasteiger partial charge on any atom is -0.415 e. The van der Waals surface area contributed by atoms with Crippen molar-refractivity contribution in [1.29, 1.82) is 0 Å². The average molecular weight is 312 g/mol. The van der Waals surface area contributed by atoms with Gasteiger partial charge in [0.1, 0.15) is 0 Å². The quantitative estimate of drug-likeness (QED) is 0.351. The van der Waals surface area contributed by atoms with Gasteiger partial charge in [0.05, 0.1) is 12.6 Å². The summed E-state index contributed by atoms with van der Waals surface area (Å²) in [5.74, 6) is 0. The van der Waals surface area contributed by atoms with Gasteiger partial charge in [0.15, 0.2) is 8.32 Å². The second kappa shape index (κ2) is 9.63. The highest BCUT2D eigenvalue weighted by Gasteiger charge is 2.37. The maximum Gasteiger partial charge on any atom is 0.192 e. The zero-order valence-corrected chi connectivity index (χ0v) is 16.4. The van der Waals surface area contributed by atoms with E-state index in [1.54, 1.807) is 0 Å². The number of unbranched alkanes of at least 4 members (excludes halogenated alkanes) is 4. The topological polar surface area (TPSA) is 35.2 Å². The Bertz CT molecular complexity index is 349. The summed E-state index contributed by atoms with van der Waals surface area (Å²) >= 11 is 0. The highest BCUT2D eigenvalue weighted by atomic mass is 28.4. The van der Waals surface area contributed by atoms with Crippen LogP contribution < -0.4 is 5.73 Å². The maximum atomic E-state index is 6.21. The minimum absolute atomic E-state index is 0.0361. The fraction of sp³-hybridized carbons (Fsp3) is 0.833. The molecule has 1 atom stereocenters. The summed E-state index contributed by atoms with van der Waals surface area (Å²) in [6.07, 6.45) is 8.42. The van der Waals surface area contributed by atoms with Crippen molar-refractivity contribution in [1.82, 2.24) is 0 Å². The Kier molecular flexibility index (Phi) is 9.47. The van der Waals surface area contributed by atoms with Gasteiger partial charge in [-0.3, -0.25) is 0 Å². The monoisotopic (exact) mass is 311 g/mol. The average Bonchev–Trinajstić information content (AvgIpc) is 2.38. The lowest BCUT2D eigenvalue weighted by Crippen LogP contribution is -2.44. The predicted octanol–water partition coefficient (Wildman–Crippen LogP) is 5.41. The van der Waals surface area contributed by atoms with Crippen LogP contribution in [0, 0.1) is 0 Å². The maximum absolute atomic E-state index is 6.21. The number of nitrogens with two attached hydrogens (primary N) is 1. The molecule has 0 aromatic heterocycles. The molecule has 0 saturated heterocycles. The Morgan fingerprint density at radius 2 is 1.86 bits per heavy atom. The van der Waals surface area contributed by atoms with Gasteiger partial charge in [-0.15, -0.1) is 5.73 Å². The van der Waals surface area contributed by atoms with Gasteiger partial charge < -0.3 is 10.2 Å². The SMILES string of the molecule is CCCCCCC=C=C(C)C(N)CO[Si](C)(C)C(C)(C)C. The van der Waals surface area contributed by atoms with Crippen LogP contribution in [0.4, 0.5) is 0 Å². The lowest BCUT2D eigenvalue weighted by Gasteiger charge is -2.36. The third kappa shape index (κ3) is 8.62. The van der Waals surface area contributed by atoms with Gasteiger partial charge in [0, 0.05) is 0 Å². The molecule has 21 heavy (non-hydrogen) atoms. The first-order valence-electron chi connectivity index (χ1n) is 8.43. The smallest absolute Gasteiger partial charge is 0.192 e. The van der Waals surface area contributed by atoms with Crippen LogP contribution in [0.1, 0.15) is 66.7 Å². The molecule has 0 aromatic carbocycles. The molecule has 0 radical (unpaired) electrons. The summed E-state index contributed by atoms with van der Waals surface area (Å²) in [5.41, 5.74) is 10.6. The molecule has 0 heterocycles. The van der Waals surface area contributed by atoms with Crippen molar-refractivity contribution >= 4 is 8.32 Å². The van der Waals surface area contributed by atoms with E-state index >= 15 is 0 Å². The summed E-state index contributed by atoms with van der Waals surface area (Å²) < 4.78 is 6.18. The normalized spacial score (nSPS) is 13.7. The molecule has 0 amide bonds.